The minimum absolute atomic E-state index is 0.0202. The molecule has 1 N–H and O–H groups in total. The summed E-state index contributed by atoms with van der Waals surface area (Å²) in [5.74, 6) is 0.0202. The van der Waals surface area contributed by atoms with E-state index < -0.39 is 0 Å². The molecule has 3 nitrogen and oxygen atoms in total. The fraction of sp³-hybridized carbons (Fsp3) is 0.250. The van der Waals surface area contributed by atoms with Gasteiger partial charge in [-0.05, 0) is 13.8 Å². The lowest BCUT2D eigenvalue weighted by Crippen LogP contribution is -1.84. The van der Waals surface area contributed by atoms with Crippen LogP contribution in [0.4, 0.5) is 0 Å². The van der Waals surface area contributed by atoms with Crippen molar-refractivity contribution >= 4 is 16.9 Å². The highest BCUT2D eigenvalue weighted by atomic mass is 32.1. The standard InChI is InChI=1S/C8H8N2OS/c1-5-4-12-8(10-5)7(3-9)6(2)11/h4,11H,1-2H3/b7-6+. The first-order chi connectivity index (χ1) is 5.65. The summed E-state index contributed by atoms with van der Waals surface area (Å²) in [6.45, 7) is 3.33. The summed E-state index contributed by atoms with van der Waals surface area (Å²) >= 11 is 1.36. The van der Waals surface area contributed by atoms with Gasteiger partial charge < -0.3 is 5.11 Å². The molecule has 1 rings (SSSR count). The zero-order valence-corrected chi connectivity index (χ0v) is 7.64. The average molecular weight is 180 g/mol. The second-order valence-corrected chi connectivity index (χ2v) is 3.22. The van der Waals surface area contributed by atoms with Crippen LogP contribution in [0, 0.1) is 18.3 Å². The Morgan fingerprint density at radius 3 is 2.75 bits per heavy atom. The third-order valence-corrected chi connectivity index (χ3v) is 2.28. The number of thiazole rings is 1. The molecule has 1 aromatic heterocycles. The monoisotopic (exact) mass is 180 g/mol. The SMILES string of the molecule is C/C(O)=C(/C#N)c1nc(C)cs1. The topological polar surface area (TPSA) is 56.9 Å². The summed E-state index contributed by atoms with van der Waals surface area (Å²) in [5, 5.41) is 20.2. The predicted molar refractivity (Wildman–Crippen MR) is 47.7 cm³/mol. The first-order valence-electron chi connectivity index (χ1n) is 3.37. The van der Waals surface area contributed by atoms with Gasteiger partial charge in [-0.15, -0.1) is 11.3 Å². The van der Waals surface area contributed by atoms with Crippen molar-refractivity contribution in [2.75, 3.05) is 0 Å². The lowest BCUT2D eigenvalue weighted by molar-refractivity contribution is 0.418. The summed E-state index contributed by atoms with van der Waals surface area (Å²) in [5.41, 5.74) is 1.12. The second kappa shape index (κ2) is 3.37. The first-order valence-corrected chi connectivity index (χ1v) is 4.25. The molecule has 4 heteroatoms. The van der Waals surface area contributed by atoms with Gasteiger partial charge >= 0.3 is 0 Å². The van der Waals surface area contributed by atoms with Gasteiger partial charge in [0.25, 0.3) is 0 Å². The van der Waals surface area contributed by atoms with Gasteiger partial charge in [0, 0.05) is 11.1 Å². The van der Waals surface area contributed by atoms with E-state index in [1.54, 1.807) is 0 Å². The number of aromatic nitrogens is 1. The van der Waals surface area contributed by atoms with E-state index in [0.717, 1.165) is 5.69 Å². The Morgan fingerprint density at radius 1 is 1.75 bits per heavy atom. The van der Waals surface area contributed by atoms with Crippen LogP contribution in [0.2, 0.25) is 0 Å². The molecule has 0 saturated heterocycles. The quantitative estimate of drug-likeness (QED) is 0.532. The molecule has 1 heterocycles. The van der Waals surface area contributed by atoms with E-state index in [-0.39, 0.29) is 11.3 Å². The van der Waals surface area contributed by atoms with E-state index in [0.29, 0.717) is 5.01 Å². The van der Waals surface area contributed by atoms with Crippen LogP contribution in [0.1, 0.15) is 17.6 Å². The van der Waals surface area contributed by atoms with Crippen LogP contribution < -0.4 is 0 Å². The van der Waals surface area contributed by atoms with Gasteiger partial charge in [0.05, 0.1) is 0 Å². The zero-order valence-electron chi connectivity index (χ0n) is 6.83. The molecule has 0 fully saturated rings. The molecule has 0 spiro atoms. The van der Waals surface area contributed by atoms with Crippen molar-refractivity contribution in [1.29, 1.82) is 5.26 Å². The van der Waals surface area contributed by atoms with Crippen LogP contribution in [0.3, 0.4) is 0 Å². The number of aliphatic hydroxyl groups is 1. The minimum Gasteiger partial charge on any atom is -0.511 e. The highest BCUT2D eigenvalue weighted by molar-refractivity contribution is 7.10. The number of hydrogen-bond acceptors (Lipinski definition) is 4. The molecule has 0 atom stereocenters. The Bertz CT molecular complexity index is 355. The predicted octanol–water partition coefficient (Wildman–Crippen LogP) is 2.26. The third kappa shape index (κ3) is 1.63. The Kier molecular flexibility index (Phi) is 2.46. The summed E-state index contributed by atoms with van der Waals surface area (Å²) in [6.07, 6.45) is 0. The van der Waals surface area contributed by atoms with E-state index in [4.69, 9.17) is 10.4 Å². The molecule has 0 aliphatic heterocycles. The van der Waals surface area contributed by atoms with Crippen molar-refractivity contribution in [2.24, 2.45) is 0 Å². The molecule has 0 saturated carbocycles. The molecular formula is C8H8N2OS. The van der Waals surface area contributed by atoms with Crippen LogP contribution >= 0.6 is 11.3 Å². The summed E-state index contributed by atoms with van der Waals surface area (Å²) < 4.78 is 0. The Balaban J connectivity index is 3.15. The Hall–Kier alpha value is -1.34. The molecule has 0 aromatic carbocycles. The molecular weight excluding hydrogens is 172 g/mol. The van der Waals surface area contributed by atoms with Gasteiger partial charge in [-0.1, -0.05) is 0 Å². The van der Waals surface area contributed by atoms with Crippen LogP contribution in [0.25, 0.3) is 5.57 Å². The van der Waals surface area contributed by atoms with Crippen molar-refractivity contribution in [1.82, 2.24) is 4.98 Å². The van der Waals surface area contributed by atoms with Gasteiger partial charge in [-0.3, -0.25) is 0 Å². The number of rotatable bonds is 1. The first kappa shape index (κ1) is 8.75. The molecule has 62 valence electrons. The summed E-state index contributed by atoms with van der Waals surface area (Å²) in [7, 11) is 0. The number of aliphatic hydroxyl groups excluding tert-OH is 1. The van der Waals surface area contributed by atoms with Crippen molar-refractivity contribution < 1.29 is 5.11 Å². The third-order valence-electron chi connectivity index (χ3n) is 1.31. The van der Waals surface area contributed by atoms with Crippen LogP contribution in [0.15, 0.2) is 11.1 Å². The van der Waals surface area contributed by atoms with E-state index in [9.17, 15) is 0 Å². The van der Waals surface area contributed by atoms with E-state index in [2.05, 4.69) is 4.98 Å². The highest BCUT2D eigenvalue weighted by Gasteiger charge is 2.07. The Labute approximate surface area is 74.6 Å². The normalized spacial score (nSPS) is 12.1. The van der Waals surface area contributed by atoms with E-state index in [1.807, 2.05) is 18.4 Å². The number of nitriles is 1. The second-order valence-electron chi connectivity index (χ2n) is 2.37. The van der Waals surface area contributed by atoms with E-state index >= 15 is 0 Å². The van der Waals surface area contributed by atoms with Crippen molar-refractivity contribution in [2.45, 2.75) is 13.8 Å². The summed E-state index contributed by atoms with van der Waals surface area (Å²) in [4.78, 5) is 4.08. The fourth-order valence-corrected chi connectivity index (χ4v) is 1.60. The maximum atomic E-state index is 9.10. The Morgan fingerprint density at radius 2 is 2.42 bits per heavy atom. The molecule has 0 aliphatic rings. The summed E-state index contributed by atoms with van der Waals surface area (Å²) in [6, 6.07) is 1.91. The molecule has 0 radical (unpaired) electrons. The molecule has 0 unspecified atom stereocenters. The molecule has 0 amide bonds. The number of hydrogen-bond donors (Lipinski definition) is 1. The minimum atomic E-state index is 0.0202. The van der Waals surface area contributed by atoms with Crippen LogP contribution in [-0.2, 0) is 0 Å². The van der Waals surface area contributed by atoms with Gasteiger partial charge in [0.2, 0.25) is 0 Å². The van der Waals surface area contributed by atoms with Crippen LogP contribution in [-0.4, -0.2) is 10.1 Å². The largest absolute Gasteiger partial charge is 0.511 e. The lowest BCUT2D eigenvalue weighted by atomic mass is 10.3. The van der Waals surface area contributed by atoms with Crippen molar-refractivity contribution in [3.8, 4) is 6.07 Å². The van der Waals surface area contributed by atoms with Gasteiger partial charge in [0.1, 0.15) is 22.4 Å². The number of aryl methyl sites for hydroxylation is 1. The molecule has 12 heavy (non-hydrogen) atoms. The van der Waals surface area contributed by atoms with Gasteiger partial charge in [0.15, 0.2) is 0 Å². The van der Waals surface area contributed by atoms with Crippen molar-refractivity contribution in [3.63, 3.8) is 0 Å². The fourth-order valence-electron chi connectivity index (χ4n) is 0.752. The number of nitrogens with zero attached hydrogens (tertiary/aromatic N) is 2. The van der Waals surface area contributed by atoms with Gasteiger partial charge in [-0.2, -0.15) is 5.26 Å². The average Bonchev–Trinajstić information content (AvgIpc) is 2.37. The molecule has 1 aromatic rings. The maximum Gasteiger partial charge on any atom is 0.137 e. The number of allylic oxidation sites excluding steroid dienone is 2. The highest BCUT2D eigenvalue weighted by Crippen LogP contribution is 2.20. The van der Waals surface area contributed by atoms with E-state index in [1.165, 1.54) is 18.3 Å². The van der Waals surface area contributed by atoms with Crippen LogP contribution in [0.5, 0.6) is 0 Å². The lowest BCUT2D eigenvalue weighted by Gasteiger charge is -1.92. The zero-order chi connectivity index (χ0) is 9.14. The molecule has 0 aliphatic carbocycles. The van der Waals surface area contributed by atoms with Gasteiger partial charge in [-0.25, -0.2) is 4.98 Å². The van der Waals surface area contributed by atoms with Crippen molar-refractivity contribution in [3.05, 3.63) is 21.8 Å². The maximum absolute atomic E-state index is 9.10. The molecule has 0 bridgehead atoms. The smallest absolute Gasteiger partial charge is 0.137 e.